The molecule has 1 fully saturated rings. The van der Waals surface area contributed by atoms with Crippen LogP contribution >= 0.6 is 0 Å². The molecule has 164 valence electrons. The van der Waals surface area contributed by atoms with E-state index in [9.17, 15) is 13.5 Å². The average molecular weight is 433 g/mol. The van der Waals surface area contributed by atoms with Gasteiger partial charge in [0.05, 0.1) is 30.3 Å². The molecule has 1 aliphatic rings. The minimum absolute atomic E-state index is 0.0481. The van der Waals surface area contributed by atoms with E-state index in [0.29, 0.717) is 30.1 Å². The number of likely N-dealkylation sites (tertiary alicyclic amines) is 1. The van der Waals surface area contributed by atoms with Crippen LogP contribution < -0.4 is 9.04 Å². The lowest BCUT2D eigenvalue weighted by molar-refractivity contribution is 0.0455. The summed E-state index contributed by atoms with van der Waals surface area (Å²) in [5.41, 5.74) is 0.419. The van der Waals surface area contributed by atoms with Crippen LogP contribution in [0.1, 0.15) is 33.1 Å². The molecule has 1 heterocycles. The first kappa shape index (κ1) is 22.6. The number of rotatable bonds is 8. The molecular formula is C23H32N2O4S. The lowest BCUT2D eigenvalue weighted by atomic mass is 9.97. The molecule has 2 aromatic rings. The van der Waals surface area contributed by atoms with Crippen molar-refractivity contribution in [2.45, 2.75) is 56.2 Å². The van der Waals surface area contributed by atoms with E-state index in [1.54, 1.807) is 54.6 Å². The van der Waals surface area contributed by atoms with E-state index < -0.39 is 16.1 Å². The van der Waals surface area contributed by atoms with Crippen LogP contribution in [0.3, 0.4) is 0 Å². The fourth-order valence-corrected chi connectivity index (χ4v) is 5.74. The molecule has 2 aromatic carbocycles. The lowest BCUT2D eigenvalue weighted by Gasteiger charge is -2.40. The number of hydrogen-bond donors (Lipinski definition) is 1. The standard InChI is InChI=1S/C23H32N2O4S/c1-18-10-9-11-19(2)24(18)16-20(26)17-25(22-14-7-8-15-23(22)29-3)30(27,28)21-12-5-4-6-13-21/h4-8,12-15,18-20,26H,9-11,16-17H2,1-3H3/t18-,19-,20+/m0/s1. The summed E-state index contributed by atoms with van der Waals surface area (Å²) in [6.07, 6.45) is 2.53. The van der Waals surface area contributed by atoms with Crippen LogP contribution in [-0.2, 0) is 10.0 Å². The zero-order chi connectivity index (χ0) is 21.7. The number of para-hydroxylation sites is 2. The Bertz CT molecular complexity index is 910. The van der Waals surface area contributed by atoms with Crippen LogP contribution in [0.2, 0.25) is 0 Å². The van der Waals surface area contributed by atoms with Crippen molar-refractivity contribution in [2.75, 3.05) is 24.5 Å². The largest absolute Gasteiger partial charge is 0.495 e. The highest BCUT2D eigenvalue weighted by atomic mass is 32.2. The second-order valence-electron chi connectivity index (χ2n) is 8.00. The number of aliphatic hydroxyl groups excluding tert-OH is 1. The summed E-state index contributed by atoms with van der Waals surface area (Å²) in [6.45, 7) is 4.72. The molecule has 30 heavy (non-hydrogen) atoms. The highest BCUT2D eigenvalue weighted by Crippen LogP contribution is 2.32. The first-order valence-electron chi connectivity index (χ1n) is 10.5. The Morgan fingerprint density at radius 3 is 2.30 bits per heavy atom. The fourth-order valence-electron chi connectivity index (χ4n) is 4.21. The van der Waals surface area contributed by atoms with Gasteiger partial charge in [0.25, 0.3) is 10.0 Å². The SMILES string of the molecule is COc1ccccc1N(C[C@H](O)CN1[C@@H](C)CCC[C@@H]1C)S(=O)(=O)c1ccccc1. The minimum atomic E-state index is -3.87. The van der Waals surface area contributed by atoms with Gasteiger partial charge in [0.2, 0.25) is 0 Å². The van der Waals surface area contributed by atoms with E-state index in [-0.39, 0.29) is 11.4 Å². The quantitative estimate of drug-likeness (QED) is 0.691. The molecule has 0 aliphatic carbocycles. The third kappa shape index (κ3) is 4.96. The van der Waals surface area contributed by atoms with Crippen molar-refractivity contribution in [1.29, 1.82) is 0 Å². The summed E-state index contributed by atoms with van der Waals surface area (Å²) in [5, 5.41) is 11.0. The number of aliphatic hydroxyl groups is 1. The van der Waals surface area contributed by atoms with Crippen LogP contribution in [0.5, 0.6) is 5.75 Å². The monoisotopic (exact) mass is 432 g/mol. The summed E-state index contributed by atoms with van der Waals surface area (Å²) >= 11 is 0. The Morgan fingerprint density at radius 1 is 1.07 bits per heavy atom. The normalized spacial score (nSPS) is 21.2. The maximum atomic E-state index is 13.5. The summed E-state index contributed by atoms with van der Waals surface area (Å²) in [6, 6.07) is 16.0. The molecule has 3 rings (SSSR count). The molecule has 1 aliphatic heterocycles. The highest BCUT2D eigenvalue weighted by Gasteiger charge is 2.32. The molecule has 6 nitrogen and oxygen atoms in total. The predicted octanol–water partition coefficient (Wildman–Crippen LogP) is 3.51. The van der Waals surface area contributed by atoms with Crippen molar-refractivity contribution >= 4 is 15.7 Å². The Labute approximate surface area is 180 Å². The smallest absolute Gasteiger partial charge is 0.264 e. The van der Waals surface area contributed by atoms with Gasteiger partial charge < -0.3 is 9.84 Å². The Balaban J connectivity index is 1.92. The molecule has 0 spiro atoms. The van der Waals surface area contributed by atoms with Gasteiger partial charge in [-0.3, -0.25) is 9.21 Å². The van der Waals surface area contributed by atoms with Gasteiger partial charge in [-0.15, -0.1) is 0 Å². The van der Waals surface area contributed by atoms with Gasteiger partial charge in [0.1, 0.15) is 5.75 Å². The van der Waals surface area contributed by atoms with Gasteiger partial charge in [-0.25, -0.2) is 8.42 Å². The van der Waals surface area contributed by atoms with Crippen LogP contribution in [0.25, 0.3) is 0 Å². The van der Waals surface area contributed by atoms with Gasteiger partial charge in [-0.2, -0.15) is 0 Å². The van der Waals surface area contributed by atoms with Crippen molar-refractivity contribution in [1.82, 2.24) is 4.90 Å². The van der Waals surface area contributed by atoms with Crippen molar-refractivity contribution in [2.24, 2.45) is 0 Å². The van der Waals surface area contributed by atoms with Crippen molar-refractivity contribution in [3.63, 3.8) is 0 Å². The van der Waals surface area contributed by atoms with Gasteiger partial charge in [0, 0.05) is 18.6 Å². The highest BCUT2D eigenvalue weighted by molar-refractivity contribution is 7.92. The molecule has 0 amide bonds. The number of anilines is 1. The van der Waals surface area contributed by atoms with E-state index in [0.717, 1.165) is 12.8 Å². The second kappa shape index (κ2) is 9.81. The summed E-state index contributed by atoms with van der Waals surface area (Å²) in [5.74, 6) is 0.448. The third-order valence-electron chi connectivity index (χ3n) is 5.86. The Hall–Kier alpha value is -2.09. The van der Waals surface area contributed by atoms with Crippen LogP contribution in [-0.4, -0.2) is 56.8 Å². The third-order valence-corrected chi connectivity index (χ3v) is 7.65. The molecule has 0 saturated carbocycles. The van der Waals surface area contributed by atoms with E-state index >= 15 is 0 Å². The van der Waals surface area contributed by atoms with E-state index in [2.05, 4.69) is 18.7 Å². The van der Waals surface area contributed by atoms with Crippen molar-refractivity contribution < 1.29 is 18.3 Å². The van der Waals surface area contributed by atoms with Gasteiger partial charge in [-0.1, -0.05) is 36.8 Å². The maximum absolute atomic E-state index is 13.5. The number of ether oxygens (including phenoxy) is 1. The fraction of sp³-hybridized carbons (Fsp3) is 0.478. The molecule has 1 N–H and O–H groups in total. The Morgan fingerprint density at radius 2 is 1.67 bits per heavy atom. The van der Waals surface area contributed by atoms with Gasteiger partial charge >= 0.3 is 0 Å². The number of piperidine rings is 1. The topological polar surface area (TPSA) is 70.1 Å². The molecular weight excluding hydrogens is 400 g/mol. The number of β-amino-alcohol motifs (C(OH)–C–C–N with tert-alkyl or cyclic N) is 1. The maximum Gasteiger partial charge on any atom is 0.264 e. The molecule has 0 unspecified atom stereocenters. The first-order valence-corrected chi connectivity index (χ1v) is 11.9. The molecule has 1 saturated heterocycles. The molecule has 0 bridgehead atoms. The summed E-state index contributed by atoms with van der Waals surface area (Å²) < 4.78 is 33.7. The molecule has 0 aromatic heterocycles. The van der Waals surface area contributed by atoms with E-state index in [4.69, 9.17) is 4.74 Å². The molecule has 0 radical (unpaired) electrons. The van der Waals surface area contributed by atoms with Crippen molar-refractivity contribution in [3.05, 3.63) is 54.6 Å². The van der Waals surface area contributed by atoms with Crippen LogP contribution in [0.4, 0.5) is 5.69 Å². The molecule has 3 atom stereocenters. The van der Waals surface area contributed by atoms with Crippen LogP contribution in [0.15, 0.2) is 59.5 Å². The molecule has 7 heteroatoms. The number of methoxy groups -OCH3 is 1. The summed E-state index contributed by atoms with van der Waals surface area (Å²) in [4.78, 5) is 2.46. The van der Waals surface area contributed by atoms with Crippen molar-refractivity contribution in [3.8, 4) is 5.75 Å². The minimum Gasteiger partial charge on any atom is -0.495 e. The zero-order valence-electron chi connectivity index (χ0n) is 17.9. The number of benzene rings is 2. The average Bonchev–Trinajstić information content (AvgIpc) is 2.75. The van der Waals surface area contributed by atoms with E-state index in [1.807, 2.05) is 0 Å². The first-order chi connectivity index (χ1) is 14.3. The number of nitrogens with zero attached hydrogens (tertiary/aromatic N) is 2. The van der Waals surface area contributed by atoms with E-state index in [1.165, 1.54) is 17.8 Å². The number of hydrogen-bond acceptors (Lipinski definition) is 5. The number of sulfonamides is 1. The van der Waals surface area contributed by atoms with Gasteiger partial charge in [-0.05, 0) is 51.0 Å². The Kier molecular flexibility index (Phi) is 7.39. The summed E-state index contributed by atoms with van der Waals surface area (Å²) in [7, 11) is -2.36. The van der Waals surface area contributed by atoms with Gasteiger partial charge in [0.15, 0.2) is 0 Å². The lowest BCUT2D eigenvalue weighted by Crippen LogP contribution is -2.50. The second-order valence-corrected chi connectivity index (χ2v) is 9.86. The zero-order valence-corrected chi connectivity index (χ0v) is 18.8. The van der Waals surface area contributed by atoms with Crippen LogP contribution in [0, 0.1) is 0 Å². The predicted molar refractivity (Wildman–Crippen MR) is 119 cm³/mol.